The van der Waals surface area contributed by atoms with Crippen LogP contribution in [0, 0.1) is 0 Å². The summed E-state index contributed by atoms with van der Waals surface area (Å²) in [6, 6.07) is 3.43. The minimum absolute atomic E-state index is 0.390. The summed E-state index contributed by atoms with van der Waals surface area (Å²) < 4.78 is 0. The Balaban J connectivity index is 1.90. The van der Waals surface area contributed by atoms with Gasteiger partial charge in [0.05, 0.1) is 16.3 Å². The maximum atomic E-state index is 11.5. The fourth-order valence-electron chi connectivity index (χ4n) is 2.42. The van der Waals surface area contributed by atoms with Gasteiger partial charge in [0.2, 0.25) is 0 Å². The molecule has 1 aliphatic heterocycles. The standard InChI is InChI=1S/C13H12ClNO2S/c14-9-5-8-10(15-13(17)12(8)16)6-11(9)18-7-3-1-2-4-7/h5-7H,1-4H2,(H,15,16,17). The number of rotatable bonds is 2. The highest BCUT2D eigenvalue weighted by molar-refractivity contribution is 8.00. The first kappa shape index (κ1) is 12.1. The lowest BCUT2D eigenvalue weighted by atomic mass is 10.1. The van der Waals surface area contributed by atoms with Crippen molar-refractivity contribution in [2.24, 2.45) is 0 Å². The Labute approximate surface area is 114 Å². The number of thioether (sulfide) groups is 1. The molecule has 0 bridgehead atoms. The summed E-state index contributed by atoms with van der Waals surface area (Å²) in [5.74, 6) is -1.06. The topological polar surface area (TPSA) is 46.2 Å². The normalized spacial score (nSPS) is 19.2. The van der Waals surface area contributed by atoms with E-state index < -0.39 is 11.7 Å². The van der Waals surface area contributed by atoms with Crippen molar-refractivity contribution in [1.29, 1.82) is 0 Å². The van der Waals surface area contributed by atoms with Gasteiger partial charge in [0.15, 0.2) is 0 Å². The lowest BCUT2D eigenvalue weighted by Gasteiger charge is -2.11. The third kappa shape index (κ3) is 2.04. The van der Waals surface area contributed by atoms with Crippen LogP contribution < -0.4 is 5.32 Å². The van der Waals surface area contributed by atoms with E-state index in [1.54, 1.807) is 17.8 Å². The van der Waals surface area contributed by atoms with Crippen LogP contribution >= 0.6 is 23.4 Å². The zero-order valence-electron chi connectivity index (χ0n) is 9.66. The number of ketones is 1. The molecule has 1 aliphatic carbocycles. The zero-order valence-corrected chi connectivity index (χ0v) is 11.2. The Bertz CT molecular complexity index is 538. The maximum Gasteiger partial charge on any atom is 0.296 e. The van der Waals surface area contributed by atoms with Gasteiger partial charge >= 0.3 is 0 Å². The molecule has 18 heavy (non-hydrogen) atoms. The van der Waals surface area contributed by atoms with E-state index in [0.717, 1.165) is 4.90 Å². The zero-order chi connectivity index (χ0) is 12.7. The number of hydrogen-bond donors (Lipinski definition) is 1. The fourth-order valence-corrected chi connectivity index (χ4v) is 4.00. The van der Waals surface area contributed by atoms with E-state index in [1.807, 2.05) is 6.07 Å². The van der Waals surface area contributed by atoms with Gasteiger partial charge in [0.1, 0.15) is 0 Å². The Morgan fingerprint density at radius 2 is 1.94 bits per heavy atom. The molecule has 1 aromatic rings. The molecule has 1 saturated carbocycles. The molecule has 1 N–H and O–H groups in total. The predicted octanol–water partition coefficient (Wildman–Crippen LogP) is 3.51. The van der Waals surface area contributed by atoms with Crippen LogP contribution in [0.3, 0.4) is 0 Å². The van der Waals surface area contributed by atoms with Gasteiger partial charge < -0.3 is 5.32 Å². The molecule has 3 rings (SSSR count). The van der Waals surface area contributed by atoms with E-state index in [2.05, 4.69) is 5.32 Å². The fraction of sp³-hybridized carbons (Fsp3) is 0.385. The Morgan fingerprint density at radius 1 is 1.22 bits per heavy atom. The van der Waals surface area contributed by atoms with Crippen LogP contribution in [-0.2, 0) is 4.79 Å². The van der Waals surface area contributed by atoms with Gasteiger partial charge in [-0.05, 0) is 25.0 Å². The van der Waals surface area contributed by atoms with Crippen molar-refractivity contribution in [3.8, 4) is 0 Å². The van der Waals surface area contributed by atoms with Gasteiger partial charge in [0.25, 0.3) is 11.7 Å². The van der Waals surface area contributed by atoms with E-state index in [9.17, 15) is 9.59 Å². The van der Waals surface area contributed by atoms with E-state index in [0.29, 0.717) is 21.5 Å². The lowest BCUT2D eigenvalue weighted by Crippen LogP contribution is -2.12. The van der Waals surface area contributed by atoms with Crippen molar-refractivity contribution in [2.45, 2.75) is 35.8 Å². The second kappa shape index (κ2) is 4.59. The van der Waals surface area contributed by atoms with Crippen LogP contribution in [0.2, 0.25) is 5.02 Å². The van der Waals surface area contributed by atoms with Crippen LogP contribution in [0.15, 0.2) is 17.0 Å². The van der Waals surface area contributed by atoms with Gasteiger partial charge in [-0.1, -0.05) is 24.4 Å². The molecule has 0 unspecified atom stereocenters. The molecule has 1 fully saturated rings. The number of carbonyl (C=O) groups is 2. The van der Waals surface area contributed by atoms with E-state index in [4.69, 9.17) is 11.6 Å². The SMILES string of the molecule is O=C1Nc2cc(SC3CCCC3)c(Cl)cc2C1=O. The first-order chi connectivity index (χ1) is 8.65. The Kier molecular flexibility index (Phi) is 3.08. The number of anilines is 1. The number of amides is 1. The summed E-state index contributed by atoms with van der Waals surface area (Å²) >= 11 is 7.94. The molecular formula is C13H12ClNO2S. The van der Waals surface area contributed by atoms with Crippen LogP contribution in [0.25, 0.3) is 0 Å². The van der Waals surface area contributed by atoms with E-state index >= 15 is 0 Å². The summed E-state index contributed by atoms with van der Waals surface area (Å²) in [6.45, 7) is 0. The molecule has 3 nitrogen and oxygen atoms in total. The molecule has 94 valence electrons. The van der Waals surface area contributed by atoms with Gasteiger partial charge in [-0.15, -0.1) is 11.8 Å². The minimum Gasteiger partial charge on any atom is -0.318 e. The summed E-state index contributed by atoms with van der Waals surface area (Å²) in [7, 11) is 0. The molecule has 0 radical (unpaired) electrons. The quantitative estimate of drug-likeness (QED) is 0.844. The summed E-state index contributed by atoms with van der Waals surface area (Å²) in [4.78, 5) is 23.8. The first-order valence-electron chi connectivity index (χ1n) is 6.01. The smallest absolute Gasteiger partial charge is 0.296 e. The Hall–Kier alpha value is -1.00. The molecule has 1 amide bonds. The molecule has 1 aromatic carbocycles. The number of carbonyl (C=O) groups excluding carboxylic acids is 2. The van der Waals surface area contributed by atoms with Crippen molar-refractivity contribution in [3.63, 3.8) is 0 Å². The maximum absolute atomic E-state index is 11.5. The highest BCUT2D eigenvalue weighted by atomic mass is 35.5. The second-order valence-corrected chi connectivity index (χ2v) is 6.39. The molecular weight excluding hydrogens is 270 g/mol. The van der Waals surface area contributed by atoms with Crippen LogP contribution in [0.1, 0.15) is 36.0 Å². The third-order valence-corrected chi connectivity index (χ3v) is 5.19. The molecule has 2 aliphatic rings. The highest BCUT2D eigenvalue weighted by Crippen LogP contribution is 2.41. The van der Waals surface area contributed by atoms with Crippen molar-refractivity contribution < 1.29 is 9.59 Å². The Morgan fingerprint density at radius 3 is 2.67 bits per heavy atom. The number of nitrogens with one attached hydrogen (secondary N) is 1. The largest absolute Gasteiger partial charge is 0.318 e. The van der Waals surface area contributed by atoms with Crippen molar-refractivity contribution in [2.75, 3.05) is 5.32 Å². The van der Waals surface area contributed by atoms with Crippen LogP contribution in [0.5, 0.6) is 0 Å². The summed E-state index contributed by atoms with van der Waals surface area (Å²) in [5.41, 5.74) is 0.982. The number of hydrogen-bond acceptors (Lipinski definition) is 3. The molecule has 0 aromatic heterocycles. The summed E-state index contributed by atoms with van der Waals surface area (Å²) in [6.07, 6.45) is 4.97. The molecule has 1 heterocycles. The molecule has 5 heteroatoms. The molecule has 0 saturated heterocycles. The number of halogens is 1. The monoisotopic (exact) mass is 281 g/mol. The first-order valence-corrected chi connectivity index (χ1v) is 7.27. The predicted molar refractivity (Wildman–Crippen MR) is 72.5 cm³/mol. The minimum atomic E-state index is -0.566. The highest BCUT2D eigenvalue weighted by Gasteiger charge is 2.29. The van der Waals surface area contributed by atoms with Gasteiger partial charge in [-0.3, -0.25) is 9.59 Å². The second-order valence-electron chi connectivity index (χ2n) is 4.64. The molecule has 0 atom stereocenters. The summed E-state index contributed by atoms with van der Waals surface area (Å²) in [5, 5.41) is 3.75. The average molecular weight is 282 g/mol. The lowest BCUT2D eigenvalue weighted by molar-refractivity contribution is -0.112. The number of fused-ring (bicyclic) bond motifs is 1. The van der Waals surface area contributed by atoms with E-state index in [1.165, 1.54) is 25.7 Å². The van der Waals surface area contributed by atoms with Gasteiger partial charge in [-0.2, -0.15) is 0 Å². The number of benzene rings is 1. The van der Waals surface area contributed by atoms with Crippen molar-refractivity contribution in [1.82, 2.24) is 0 Å². The van der Waals surface area contributed by atoms with Crippen molar-refractivity contribution >= 4 is 40.7 Å². The van der Waals surface area contributed by atoms with Crippen LogP contribution in [-0.4, -0.2) is 16.9 Å². The average Bonchev–Trinajstić information content (AvgIpc) is 2.92. The molecule has 0 spiro atoms. The van der Waals surface area contributed by atoms with Crippen molar-refractivity contribution in [3.05, 3.63) is 22.7 Å². The number of Topliss-reactive ketones (excluding diaryl/α,β-unsaturated/α-hetero) is 1. The van der Waals surface area contributed by atoms with Gasteiger partial charge in [0, 0.05) is 10.1 Å². The van der Waals surface area contributed by atoms with Crippen LogP contribution in [0.4, 0.5) is 5.69 Å². The van der Waals surface area contributed by atoms with Gasteiger partial charge in [-0.25, -0.2) is 0 Å². The van der Waals surface area contributed by atoms with E-state index in [-0.39, 0.29) is 0 Å². The third-order valence-electron chi connectivity index (χ3n) is 3.37.